The zero-order chi connectivity index (χ0) is 15.4. The van der Waals surface area contributed by atoms with Gasteiger partial charge in [-0.3, -0.25) is 0 Å². The smallest absolute Gasteiger partial charge is 0.0700 e. The molecule has 0 saturated heterocycles. The van der Waals surface area contributed by atoms with Crippen LogP contribution in [-0.2, 0) is 14.2 Å². The van der Waals surface area contributed by atoms with Crippen LogP contribution in [0.1, 0.15) is 40.5 Å². The Morgan fingerprint density at radius 1 is 1.10 bits per heavy atom. The Morgan fingerprint density at radius 2 is 1.80 bits per heavy atom. The molecule has 0 amide bonds. The molecule has 0 aliphatic heterocycles. The third-order valence-corrected chi connectivity index (χ3v) is 2.99. The summed E-state index contributed by atoms with van der Waals surface area (Å²) in [4.78, 5) is 0. The second-order valence-electron chi connectivity index (χ2n) is 5.86. The zero-order valence-electron chi connectivity index (χ0n) is 13.8. The Labute approximate surface area is 124 Å². The normalized spacial score (nSPS) is 16.4. The molecule has 0 heterocycles. The van der Waals surface area contributed by atoms with Crippen LogP contribution in [0, 0.1) is 0 Å². The van der Waals surface area contributed by atoms with Gasteiger partial charge in [0.15, 0.2) is 0 Å². The Balaban J connectivity index is 3.72. The highest BCUT2D eigenvalue weighted by atomic mass is 16.5. The van der Waals surface area contributed by atoms with Crippen LogP contribution in [0.3, 0.4) is 0 Å². The fourth-order valence-corrected chi connectivity index (χ4v) is 2.25. The maximum absolute atomic E-state index is 9.53. The van der Waals surface area contributed by atoms with Crippen molar-refractivity contribution in [3.63, 3.8) is 0 Å². The molecular weight excluding hydrogens is 258 g/mol. The first-order valence-electron chi connectivity index (χ1n) is 7.50. The van der Waals surface area contributed by atoms with Crippen LogP contribution < -0.4 is 5.32 Å². The minimum atomic E-state index is -0.289. The van der Waals surface area contributed by atoms with Crippen molar-refractivity contribution in [1.29, 1.82) is 0 Å². The molecule has 2 unspecified atom stereocenters. The van der Waals surface area contributed by atoms with Gasteiger partial charge in [-0.2, -0.15) is 0 Å². The van der Waals surface area contributed by atoms with Crippen molar-refractivity contribution in [2.45, 2.75) is 58.2 Å². The molecule has 2 N–H and O–H groups in total. The van der Waals surface area contributed by atoms with Crippen molar-refractivity contribution in [2.24, 2.45) is 0 Å². The highest BCUT2D eigenvalue weighted by Gasteiger charge is 2.26. The first kappa shape index (κ1) is 19.8. The van der Waals surface area contributed by atoms with Crippen LogP contribution in [0.25, 0.3) is 0 Å². The van der Waals surface area contributed by atoms with E-state index >= 15 is 0 Å². The average Bonchev–Trinajstić information content (AvgIpc) is 2.36. The zero-order valence-corrected chi connectivity index (χ0v) is 13.8. The molecule has 0 rings (SSSR count). The van der Waals surface area contributed by atoms with Gasteiger partial charge in [0.2, 0.25) is 0 Å². The number of nitrogens with one attached hydrogen (secondary N) is 1. The van der Waals surface area contributed by atoms with E-state index in [4.69, 9.17) is 14.2 Å². The van der Waals surface area contributed by atoms with Gasteiger partial charge in [0.05, 0.1) is 25.9 Å². The second kappa shape index (κ2) is 11.5. The van der Waals surface area contributed by atoms with Gasteiger partial charge >= 0.3 is 0 Å². The molecular formula is C15H33NO4. The molecule has 0 radical (unpaired) electrons. The molecule has 0 fully saturated rings. The lowest BCUT2D eigenvalue weighted by molar-refractivity contribution is 0.00902. The SMILES string of the molecule is COCCOCCCOC(C)CC(C)(CO)NC(C)C. The van der Waals surface area contributed by atoms with Gasteiger partial charge in [-0.1, -0.05) is 13.8 Å². The van der Waals surface area contributed by atoms with Crippen molar-refractivity contribution < 1.29 is 19.3 Å². The predicted molar refractivity (Wildman–Crippen MR) is 81.1 cm³/mol. The summed E-state index contributed by atoms with van der Waals surface area (Å²) in [5, 5.41) is 12.9. The van der Waals surface area contributed by atoms with Gasteiger partial charge in [-0.15, -0.1) is 0 Å². The van der Waals surface area contributed by atoms with Gasteiger partial charge in [0, 0.05) is 31.9 Å². The van der Waals surface area contributed by atoms with Crippen molar-refractivity contribution in [3.8, 4) is 0 Å². The Bertz CT molecular complexity index is 226. The Hall–Kier alpha value is -0.200. The molecule has 20 heavy (non-hydrogen) atoms. The maximum atomic E-state index is 9.53. The third-order valence-electron chi connectivity index (χ3n) is 2.99. The highest BCUT2D eigenvalue weighted by Crippen LogP contribution is 2.15. The minimum Gasteiger partial charge on any atom is -0.394 e. The molecule has 122 valence electrons. The number of aliphatic hydroxyl groups excluding tert-OH is 1. The summed E-state index contributed by atoms with van der Waals surface area (Å²) < 4.78 is 16.0. The topological polar surface area (TPSA) is 60.0 Å². The van der Waals surface area contributed by atoms with E-state index in [1.54, 1.807) is 7.11 Å². The van der Waals surface area contributed by atoms with Crippen LogP contribution in [0.2, 0.25) is 0 Å². The monoisotopic (exact) mass is 291 g/mol. The summed E-state index contributed by atoms with van der Waals surface area (Å²) in [7, 11) is 1.66. The van der Waals surface area contributed by atoms with Crippen LogP contribution >= 0.6 is 0 Å². The van der Waals surface area contributed by atoms with Gasteiger partial charge in [0.25, 0.3) is 0 Å². The molecule has 0 bridgehead atoms. The van der Waals surface area contributed by atoms with E-state index in [0.29, 0.717) is 32.5 Å². The maximum Gasteiger partial charge on any atom is 0.0700 e. The lowest BCUT2D eigenvalue weighted by Crippen LogP contribution is -2.51. The van der Waals surface area contributed by atoms with E-state index in [0.717, 1.165) is 12.8 Å². The van der Waals surface area contributed by atoms with E-state index in [1.807, 2.05) is 13.8 Å². The van der Waals surface area contributed by atoms with Crippen molar-refractivity contribution >= 4 is 0 Å². The number of hydrogen-bond acceptors (Lipinski definition) is 5. The number of methoxy groups -OCH3 is 1. The Morgan fingerprint density at radius 3 is 2.35 bits per heavy atom. The second-order valence-corrected chi connectivity index (χ2v) is 5.86. The van der Waals surface area contributed by atoms with Crippen molar-refractivity contribution in [2.75, 3.05) is 40.1 Å². The lowest BCUT2D eigenvalue weighted by atomic mass is 9.95. The highest BCUT2D eigenvalue weighted by molar-refractivity contribution is 4.85. The lowest BCUT2D eigenvalue weighted by Gasteiger charge is -2.33. The van der Waals surface area contributed by atoms with E-state index in [9.17, 15) is 5.11 Å². The van der Waals surface area contributed by atoms with Crippen LogP contribution in [0.15, 0.2) is 0 Å². The molecule has 0 aromatic heterocycles. The summed E-state index contributed by atoms with van der Waals surface area (Å²) in [6.45, 7) is 11.0. The molecule has 2 atom stereocenters. The third kappa shape index (κ3) is 10.6. The Kier molecular flexibility index (Phi) is 11.3. The van der Waals surface area contributed by atoms with Gasteiger partial charge in [-0.25, -0.2) is 0 Å². The quantitative estimate of drug-likeness (QED) is 0.505. The summed E-state index contributed by atoms with van der Waals surface area (Å²) >= 11 is 0. The number of hydrogen-bond donors (Lipinski definition) is 2. The van der Waals surface area contributed by atoms with Crippen molar-refractivity contribution in [3.05, 3.63) is 0 Å². The summed E-state index contributed by atoms with van der Waals surface area (Å²) in [5.41, 5.74) is -0.289. The first-order valence-corrected chi connectivity index (χ1v) is 7.50. The van der Waals surface area contributed by atoms with Crippen LogP contribution in [-0.4, -0.2) is 62.9 Å². The molecule has 0 saturated carbocycles. The minimum absolute atomic E-state index is 0.109. The number of aliphatic hydroxyl groups is 1. The van der Waals surface area contributed by atoms with E-state index in [1.165, 1.54) is 0 Å². The molecule has 0 aliphatic rings. The molecule has 0 aromatic carbocycles. The molecule has 0 aromatic rings. The fraction of sp³-hybridized carbons (Fsp3) is 1.00. The standard InChI is InChI=1S/C15H33NO4/c1-13(2)16-15(4,12-17)11-14(3)20-8-6-7-19-10-9-18-5/h13-14,16-17H,6-12H2,1-5H3. The van der Waals surface area contributed by atoms with Gasteiger partial charge in [-0.05, 0) is 26.7 Å². The van der Waals surface area contributed by atoms with Crippen LogP contribution in [0.5, 0.6) is 0 Å². The van der Waals surface area contributed by atoms with Gasteiger partial charge < -0.3 is 24.6 Å². The van der Waals surface area contributed by atoms with Gasteiger partial charge in [0.1, 0.15) is 0 Å². The molecule has 5 nitrogen and oxygen atoms in total. The van der Waals surface area contributed by atoms with Crippen LogP contribution in [0.4, 0.5) is 0 Å². The first-order chi connectivity index (χ1) is 9.43. The average molecular weight is 291 g/mol. The van der Waals surface area contributed by atoms with E-state index in [-0.39, 0.29) is 18.2 Å². The van der Waals surface area contributed by atoms with Crippen molar-refractivity contribution in [1.82, 2.24) is 5.32 Å². The predicted octanol–water partition coefficient (Wildman–Crippen LogP) is 1.58. The fourth-order valence-electron chi connectivity index (χ4n) is 2.25. The largest absolute Gasteiger partial charge is 0.394 e. The number of rotatable bonds is 13. The van der Waals surface area contributed by atoms with E-state index < -0.39 is 0 Å². The van der Waals surface area contributed by atoms with E-state index in [2.05, 4.69) is 19.2 Å². The number of ether oxygens (including phenoxy) is 3. The summed E-state index contributed by atoms with van der Waals surface area (Å²) in [6.07, 6.45) is 1.77. The molecule has 0 spiro atoms. The summed E-state index contributed by atoms with van der Waals surface area (Å²) in [6, 6.07) is 0.341. The molecule has 0 aliphatic carbocycles. The summed E-state index contributed by atoms with van der Waals surface area (Å²) in [5.74, 6) is 0. The molecule has 5 heteroatoms.